The lowest BCUT2D eigenvalue weighted by Gasteiger charge is -2.15. The van der Waals surface area contributed by atoms with Gasteiger partial charge in [-0.15, -0.1) is 0 Å². The number of nitrogen functional groups attached to an aromatic ring is 1. The summed E-state index contributed by atoms with van der Waals surface area (Å²) in [5.41, 5.74) is 3.57. The Kier molecular flexibility index (Phi) is 2.82. The molecule has 84 valence electrons. The zero-order chi connectivity index (χ0) is 11.5. The molecule has 0 atom stereocenters. The van der Waals surface area contributed by atoms with Gasteiger partial charge in [0.1, 0.15) is 24.3 Å². The van der Waals surface area contributed by atoms with Gasteiger partial charge in [0.25, 0.3) is 0 Å². The lowest BCUT2D eigenvalue weighted by atomic mass is 10.0. The van der Waals surface area contributed by atoms with E-state index in [1.807, 2.05) is 10.8 Å². The van der Waals surface area contributed by atoms with Crippen molar-refractivity contribution < 1.29 is 0 Å². The molecule has 0 aliphatic carbocycles. The Labute approximate surface area is 93.5 Å². The van der Waals surface area contributed by atoms with Crippen LogP contribution in [0.25, 0.3) is 5.82 Å². The molecule has 0 aromatic carbocycles. The number of anilines is 1. The summed E-state index contributed by atoms with van der Waals surface area (Å²) in [4.78, 5) is 12.4. The van der Waals surface area contributed by atoms with Crippen molar-refractivity contribution in [1.29, 1.82) is 0 Å². The topological polar surface area (TPSA) is 81.6 Å². The zero-order valence-electron chi connectivity index (χ0n) is 9.25. The van der Waals surface area contributed by atoms with Gasteiger partial charge in [-0.05, 0) is 5.92 Å². The number of hydrogen-bond donors (Lipinski definition) is 2. The molecule has 16 heavy (non-hydrogen) atoms. The summed E-state index contributed by atoms with van der Waals surface area (Å²) in [5, 5.41) is 0. The maximum absolute atomic E-state index is 5.45. The molecule has 2 aromatic rings. The van der Waals surface area contributed by atoms with Crippen LogP contribution in [0.4, 0.5) is 5.82 Å². The van der Waals surface area contributed by atoms with E-state index in [4.69, 9.17) is 5.84 Å². The van der Waals surface area contributed by atoms with Crippen LogP contribution in [0.1, 0.15) is 25.3 Å². The lowest BCUT2D eigenvalue weighted by Crippen LogP contribution is -2.14. The summed E-state index contributed by atoms with van der Waals surface area (Å²) in [5.74, 6) is 7.16. The Balaban J connectivity index is 2.61. The SMILES string of the molecule is CC(C)c1c(NN)ncnc1-n1ccnc1. The first-order chi connectivity index (χ1) is 7.74. The van der Waals surface area contributed by atoms with E-state index < -0.39 is 0 Å². The first kappa shape index (κ1) is 10.6. The highest BCUT2D eigenvalue weighted by Gasteiger charge is 2.15. The molecule has 2 aromatic heterocycles. The minimum Gasteiger partial charge on any atom is -0.308 e. The lowest BCUT2D eigenvalue weighted by molar-refractivity contribution is 0.815. The Hall–Kier alpha value is -1.95. The minimum absolute atomic E-state index is 0.268. The van der Waals surface area contributed by atoms with Crippen molar-refractivity contribution in [3.63, 3.8) is 0 Å². The summed E-state index contributed by atoms with van der Waals surface area (Å²) < 4.78 is 1.85. The van der Waals surface area contributed by atoms with Gasteiger partial charge in [-0.3, -0.25) is 4.57 Å². The molecule has 0 amide bonds. The maximum atomic E-state index is 5.45. The van der Waals surface area contributed by atoms with Gasteiger partial charge in [0.15, 0.2) is 0 Å². The Morgan fingerprint density at radius 3 is 2.75 bits per heavy atom. The number of hydrazine groups is 1. The third-order valence-corrected chi connectivity index (χ3v) is 2.33. The van der Waals surface area contributed by atoms with E-state index in [0.29, 0.717) is 5.82 Å². The van der Waals surface area contributed by atoms with Crippen molar-refractivity contribution in [1.82, 2.24) is 19.5 Å². The fraction of sp³-hybridized carbons (Fsp3) is 0.300. The average Bonchev–Trinajstić information content (AvgIpc) is 2.81. The molecule has 0 aliphatic rings. The van der Waals surface area contributed by atoms with Gasteiger partial charge in [0, 0.05) is 18.0 Å². The summed E-state index contributed by atoms with van der Waals surface area (Å²) in [6.07, 6.45) is 6.74. The second-order valence-corrected chi connectivity index (χ2v) is 3.73. The summed E-state index contributed by atoms with van der Waals surface area (Å²) in [7, 11) is 0. The van der Waals surface area contributed by atoms with Crippen LogP contribution in [0.5, 0.6) is 0 Å². The molecule has 6 nitrogen and oxygen atoms in total. The summed E-state index contributed by atoms with van der Waals surface area (Å²) >= 11 is 0. The van der Waals surface area contributed by atoms with Crippen molar-refractivity contribution in [3.8, 4) is 5.82 Å². The highest BCUT2D eigenvalue weighted by Crippen LogP contribution is 2.26. The first-order valence-electron chi connectivity index (χ1n) is 5.04. The Bertz CT molecular complexity index is 462. The number of rotatable bonds is 3. The van der Waals surface area contributed by atoms with Crippen molar-refractivity contribution in [2.24, 2.45) is 5.84 Å². The van der Waals surface area contributed by atoms with E-state index in [1.54, 1.807) is 12.5 Å². The molecule has 6 heteroatoms. The van der Waals surface area contributed by atoms with Crippen molar-refractivity contribution >= 4 is 5.82 Å². The van der Waals surface area contributed by atoms with Crippen LogP contribution < -0.4 is 11.3 Å². The molecule has 0 unspecified atom stereocenters. The Morgan fingerprint density at radius 2 is 2.19 bits per heavy atom. The van der Waals surface area contributed by atoms with E-state index >= 15 is 0 Å². The van der Waals surface area contributed by atoms with Crippen molar-refractivity contribution in [2.45, 2.75) is 19.8 Å². The third kappa shape index (κ3) is 1.74. The predicted molar refractivity (Wildman–Crippen MR) is 61.1 cm³/mol. The quantitative estimate of drug-likeness (QED) is 0.595. The molecular formula is C10H14N6. The fourth-order valence-corrected chi connectivity index (χ4v) is 1.62. The highest BCUT2D eigenvalue weighted by atomic mass is 15.3. The predicted octanol–water partition coefficient (Wildman–Crippen LogP) is 1.07. The molecule has 2 rings (SSSR count). The molecule has 0 saturated heterocycles. The molecule has 3 N–H and O–H groups in total. The van der Waals surface area contributed by atoms with Crippen LogP contribution in [0, 0.1) is 0 Å². The fourth-order valence-electron chi connectivity index (χ4n) is 1.62. The van der Waals surface area contributed by atoms with E-state index in [2.05, 4.69) is 34.2 Å². The smallest absolute Gasteiger partial charge is 0.149 e. The molecule has 2 heterocycles. The standard InChI is InChI=1S/C10H14N6/c1-7(2)8-9(15-11)13-5-14-10(8)16-4-3-12-6-16/h3-7H,11H2,1-2H3,(H,13,14,15). The molecule has 0 aliphatic heterocycles. The molecule has 0 bridgehead atoms. The van der Waals surface area contributed by atoms with E-state index in [1.165, 1.54) is 6.33 Å². The second-order valence-electron chi connectivity index (χ2n) is 3.73. The number of hydrogen-bond acceptors (Lipinski definition) is 5. The number of nitrogens with zero attached hydrogens (tertiary/aromatic N) is 4. The average molecular weight is 218 g/mol. The van der Waals surface area contributed by atoms with Crippen LogP contribution in [0.2, 0.25) is 0 Å². The first-order valence-corrected chi connectivity index (χ1v) is 5.04. The Morgan fingerprint density at radius 1 is 1.38 bits per heavy atom. The maximum Gasteiger partial charge on any atom is 0.149 e. The highest BCUT2D eigenvalue weighted by molar-refractivity contribution is 5.52. The molecule has 0 fully saturated rings. The van der Waals surface area contributed by atoms with Crippen LogP contribution in [-0.2, 0) is 0 Å². The zero-order valence-corrected chi connectivity index (χ0v) is 9.25. The number of aromatic nitrogens is 4. The van der Waals surface area contributed by atoms with E-state index in [0.717, 1.165) is 11.4 Å². The molecule has 0 spiro atoms. The van der Waals surface area contributed by atoms with Crippen LogP contribution in [0.15, 0.2) is 25.0 Å². The number of nitrogens with one attached hydrogen (secondary N) is 1. The normalized spacial score (nSPS) is 10.8. The van der Waals surface area contributed by atoms with Crippen LogP contribution in [0.3, 0.4) is 0 Å². The van der Waals surface area contributed by atoms with Gasteiger partial charge in [-0.1, -0.05) is 13.8 Å². The van der Waals surface area contributed by atoms with Gasteiger partial charge in [-0.2, -0.15) is 0 Å². The van der Waals surface area contributed by atoms with Gasteiger partial charge < -0.3 is 5.43 Å². The van der Waals surface area contributed by atoms with Gasteiger partial charge in [-0.25, -0.2) is 20.8 Å². The number of nitrogens with two attached hydrogens (primary N) is 1. The van der Waals surface area contributed by atoms with Crippen molar-refractivity contribution in [2.75, 3.05) is 5.43 Å². The second kappa shape index (κ2) is 4.28. The summed E-state index contributed by atoms with van der Waals surface area (Å²) in [6.45, 7) is 4.14. The third-order valence-electron chi connectivity index (χ3n) is 2.33. The number of imidazole rings is 1. The van der Waals surface area contributed by atoms with Gasteiger partial charge in [0.2, 0.25) is 0 Å². The monoisotopic (exact) mass is 218 g/mol. The van der Waals surface area contributed by atoms with Gasteiger partial charge >= 0.3 is 0 Å². The van der Waals surface area contributed by atoms with Crippen LogP contribution in [-0.4, -0.2) is 19.5 Å². The van der Waals surface area contributed by atoms with Crippen molar-refractivity contribution in [3.05, 3.63) is 30.6 Å². The molecule has 0 saturated carbocycles. The summed E-state index contributed by atoms with van der Waals surface area (Å²) in [6, 6.07) is 0. The molecule has 0 radical (unpaired) electrons. The molecular weight excluding hydrogens is 204 g/mol. The van der Waals surface area contributed by atoms with E-state index in [9.17, 15) is 0 Å². The van der Waals surface area contributed by atoms with E-state index in [-0.39, 0.29) is 5.92 Å². The van der Waals surface area contributed by atoms with Gasteiger partial charge in [0.05, 0.1) is 0 Å². The largest absolute Gasteiger partial charge is 0.308 e. The minimum atomic E-state index is 0.268. The van der Waals surface area contributed by atoms with Crippen LogP contribution >= 0.6 is 0 Å².